The second kappa shape index (κ2) is 7.65. The number of aliphatic carboxylic acids is 1. The van der Waals surface area contributed by atoms with Gasteiger partial charge in [-0.15, -0.1) is 0 Å². The standard InChI is InChI=1S/C6H12O2S.C3H6N2/c1-4(5(7)8)6(2,3)9;4-2-1-3-5/h4,9H,1-3H3,(H,7,8);1-2,4H2/p+1/t4-;/m1./s1. The fraction of sp³-hybridized carbons (Fsp3) is 0.778. The average Bonchev–Trinajstić information content (AvgIpc) is 2.04. The van der Waals surface area contributed by atoms with Gasteiger partial charge in [-0.1, -0.05) is 20.8 Å². The number of nitrogens with zero attached hydrogens (tertiary/aromatic N) is 1. The Morgan fingerprint density at radius 2 is 2.14 bits per heavy atom. The van der Waals surface area contributed by atoms with Gasteiger partial charge in [0.15, 0.2) is 0 Å². The van der Waals surface area contributed by atoms with Crippen LogP contribution in [0.3, 0.4) is 0 Å². The summed E-state index contributed by atoms with van der Waals surface area (Å²) in [6.07, 6.45) is 0.583. The Balaban J connectivity index is 0. The third-order valence-electron chi connectivity index (χ3n) is 1.72. The molecular weight excluding hydrogens is 200 g/mol. The van der Waals surface area contributed by atoms with Crippen molar-refractivity contribution in [2.24, 2.45) is 5.92 Å². The largest absolute Gasteiger partial charge is 0.481 e. The smallest absolute Gasteiger partial charge is 0.307 e. The van der Waals surface area contributed by atoms with Crippen molar-refractivity contribution < 1.29 is 15.6 Å². The Hall–Kier alpha value is -0.730. The van der Waals surface area contributed by atoms with Gasteiger partial charge < -0.3 is 10.8 Å². The van der Waals surface area contributed by atoms with Crippen molar-refractivity contribution in [1.29, 1.82) is 5.26 Å². The second-order valence-electron chi connectivity index (χ2n) is 3.48. The van der Waals surface area contributed by atoms with Crippen LogP contribution >= 0.6 is 12.6 Å². The van der Waals surface area contributed by atoms with E-state index in [1.165, 1.54) is 0 Å². The lowest BCUT2D eigenvalue weighted by atomic mass is 9.97. The normalized spacial score (nSPS) is 12.0. The average molecular weight is 219 g/mol. The predicted molar refractivity (Wildman–Crippen MR) is 57.8 cm³/mol. The minimum absolute atomic E-state index is 0.402. The highest BCUT2D eigenvalue weighted by Crippen LogP contribution is 2.22. The molecule has 82 valence electrons. The van der Waals surface area contributed by atoms with Crippen LogP contribution in [0.15, 0.2) is 0 Å². The van der Waals surface area contributed by atoms with E-state index in [0.717, 1.165) is 6.54 Å². The maximum atomic E-state index is 10.3. The highest BCUT2D eigenvalue weighted by Gasteiger charge is 2.26. The summed E-state index contributed by atoms with van der Waals surface area (Å²) in [5, 5.41) is 16.2. The summed E-state index contributed by atoms with van der Waals surface area (Å²) in [5.74, 6) is -1.20. The van der Waals surface area contributed by atoms with Gasteiger partial charge in [0.1, 0.15) is 0 Å². The summed E-state index contributed by atoms with van der Waals surface area (Å²) < 4.78 is -0.425. The topological polar surface area (TPSA) is 88.7 Å². The molecule has 0 aromatic rings. The van der Waals surface area contributed by atoms with Crippen molar-refractivity contribution in [1.82, 2.24) is 0 Å². The minimum atomic E-state index is -0.796. The van der Waals surface area contributed by atoms with Gasteiger partial charge in [0.05, 0.1) is 25.0 Å². The fourth-order valence-corrected chi connectivity index (χ4v) is 0.492. The molecule has 14 heavy (non-hydrogen) atoms. The van der Waals surface area contributed by atoms with Crippen LogP contribution in [-0.4, -0.2) is 22.4 Å². The van der Waals surface area contributed by atoms with Crippen LogP contribution < -0.4 is 5.73 Å². The number of carbonyl (C=O) groups is 1. The molecule has 4 N–H and O–H groups in total. The molecule has 0 aliphatic heterocycles. The number of carboxylic acid groups (broad SMARTS) is 1. The van der Waals surface area contributed by atoms with Crippen LogP contribution in [0.5, 0.6) is 0 Å². The van der Waals surface area contributed by atoms with Crippen LogP contribution in [0.1, 0.15) is 27.2 Å². The number of hydrogen-bond acceptors (Lipinski definition) is 3. The van der Waals surface area contributed by atoms with E-state index in [9.17, 15) is 4.79 Å². The lowest BCUT2D eigenvalue weighted by Crippen LogP contribution is -2.49. The van der Waals surface area contributed by atoms with Gasteiger partial charge in [0.2, 0.25) is 0 Å². The van der Waals surface area contributed by atoms with Crippen LogP contribution in [0.2, 0.25) is 0 Å². The summed E-state index contributed by atoms with van der Waals surface area (Å²) >= 11 is 4.11. The van der Waals surface area contributed by atoms with E-state index >= 15 is 0 Å². The molecule has 0 unspecified atom stereocenters. The maximum absolute atomic E-state index is 10.3. The number of nitriles is 1. The zero-order chi connectivity index (χ0) is 11.8. The first-order chi connectivity index (χ1) is 6.27. The molecule has 0 aromatic carbocycles. The zero-order valence-corrected chi connectivity index (χ0v) is 9.84. The summed E-state index contributed by atoms with van der Waals surface area (Å²) in [4.78, 5) is 10.3. The van der Waals surface area contributed by atoms with Crippen molar-refractivity contribution in [3.8, 4) is 6.07 Å². The molecule has 0 saturated heterocycles. The summed E-state index contributed by atoms with van der Waals surface area (Å²) in [5.41, 5.74) is 3.45. The van der Waals surface area contributed by atoms with Crippen molar-refractivity contribution >= 4 is 18.6 Å². The molecule has 0 aromatic heterocycles. The lowest BCUT2D eigenvalue weighted by Gasteiger charge is -2.21. The lowest BCUT2D eigenvalue weighted by molar-refractivity contribution is -0.365. The van der Waals surface area contributed by atoms with Gasteiger partial charge in [-0.2, -0.15) is 17.9 Å². The summed E-state index contributed by atoms with van der Waals surface area (Å²) in [6, 6.07) is 1.95. The van der Waals surface area contributed by atoms with Gasteiger partial charge in [0.25, 0.3) is 0 Å². The first kappa shape index (κ1) is 15.7. The summed E-state index contributed by atoms with van der Waals surface area (Å²) in [7, 11) is 0. The Kier molecular flexibility index (Phi) is 8.60. The van der Waals surface area contributed by atoms with E-state index in [1.54, 1.807) is 20.8 Å². The Bertz CT molecular complexity index is 206. The Morgan fingerprint density at radius 1 is 1.71 bits per heavy atom. The molecule has 0 heterocycles. The van der Waals surface area contributed by atoms with Crippen molar-refractivity contribution in [2.75, 3.05) is 6.54 Å². The highest BCUT2D eigenvalue weighted by atomic mass is 32.1. The van der Waals surface area contributed by atoms with Crippen molar-refractivity contribution in [3.05, 3.63) is 0 Å². The molecule has 0 saturated carbocycles. The van der Waals surface area contributed by atoms with E-state index < -0.39 is 16.6 Å². The third-order valence-corrected chi connectivity index (χ3v) is 2.11. The minimum Gasteiger partial charge on any atom is -0.481 e. The van der Waals surface area contributed by atoms with E-state index in [2.05, 4.69) is 18.4 Å². The van der Waals surface area contributed by atoms with Gasteiger partial charge in [-0.3, -0.25) is 4.79 Å². The van der Waals surface area contributed by atoms with Crippen LogP contribution in [0.25, 0.3) is 0 Å². The van der Waals surface area contributed by atoms with Crippen LogP contribution in [-0.2, 0) is 4.79 Å². The molecule has 1 atom stereocenters. The molecule has 5 heteroatoms. The number of carboxylic acids is 1. The van der Waals surface area contributed by atoms with Gasteiger partial charge in [-0.25, -0.2) is 0 Å². The zero-order valence-electron chi connectivity index (χ0n) is 8.95. The quantitative estimate of drug-likeness (QED) is 0.606. The Labute approximate surface area is 90.5 Å². The first-order valence-electron chi connectivity index (χ1n) is 4.38. The number of quaternary nitrogens is 1. The van der Waals surface area contributed by atoms with E-state index in [-0.39, 0.29) is 0 Å². The number of thiol groups is 1. The van der Waals surface area contributed by atoms with Crippen LogP contribution in [0, 0.1) is 17.2 Å². The highest BCUT2D eigenvalue weighted by molar-refractivity contribution is 7.81. The molecule has 0 fully saturated rings. The number of hydrogen-bond donors (Lipinski definition) is 3. The first-order valence-corrected chi connectivity index (χ1v) is 4.83. The van der Waals surface area contributed by atoms with Crippen molar-refractivity contribution in [3.63, 3.8) is 0 Å². The van der Waals surface area contributed by atoms with Gasteiger partial charge >= 0.3 is 5.97 Å². The molecular formula is C9H19N2O2S+. The predicted octanol–water partition coefficient (Wildman–Crippen LogP) is 0.557. The number of rotatable bonds is 3. The third kappa shape index (κ3) is 9.36. The van der Waals surface area contributed by atoms with Crippen molar-refractivity contribution in [2.45, 2.75) is 31.9 Å². The molecule has 0 amide bonds. The SMILES string of the molecule is C[C@H](C(=O)O)C(C)(C)S.N#CCC[NH3+]. The Morgan fingerprint density at radius 3 is 2.14 bits per heavy atom. The second-order valence-corrected chi connectivity index (χ2v) is 4.63. The van der Waals surface area contributed by atoms with Gasteiger partial charge in [0, 0.05) is 4.75 Å². The maximum Gasteiger partial charge on any atom is 0.307 e. The van der Waals surface area contributed by atoms with E-state index in [1.807, 2.05) is 6.07 Å². The molecule has 0 bridgehead atoms. The molecule has 0 rings (SSSR count). The molecule has 0 aliphatic carbocycles. The van der Waals surface area contributed by atoms with E-state index in [4.69, 9.17) is 10.4 Å². The van der Waals surface area contributed by atoms with Gasteiger partial charge in [-0.05, 0) is 0 Å². The fourth-order valence-electron chi connectivity index (χ4n) is 0.381. The molecule has 0 radical (unpaired) electrons. The molecule has 0 aliphatic rings. The molecule has 4 nitrogen and oxygen atoms in total. The van der Waals surface area contributed by atoms with E-state index in [0.29, 0.717) is 6.42 Å². The summed E-state index contributed by atoms with van der Waals surface area (Å²) in [6.45, 7) is 5.95. The molecule has 0 spiro atoms. The van der Waals surface area contributed by atoms with Crippen LogP contribution in [0.4, 0.5) is 0 Å². The monoisotopic (exact) mass is 219 g/mol.